The van der Waals surface area contributed by atoms with Gasteiger partial charge in [-0.2, -0.15) is 0 Å². The van der Waals surface area contributed by atoms with Gasteiger partial charge >= 0.3 is 0 Å². The molecule has 4 heteroatoms. The van der Waals surface area contributed by atoms with Crippen LogP contribution in [0.15, 0.2) is 27.6 Å². The van der Waals surface area contributed by atoms with E-state index in [9.17, 15) is 9.90 Å². The molecule has 15 heavy (non-hydrogen) atoms. The lowest BCUT2D eigenvalue weighted by Gasteiger charge is -2.15. The van der Waals surface area contributed by atoms with E-state index >= 15 is 0 Å². The van der Waals surface area contributed by atoms with Crippen LogP contribution in [0.3, 0.4) is 0 Å². The summed E-state index contributed by atoms with van der Waals surface area (Å²) < 4.78 is 0.888. The number of carbonyl (C=O) groups excluding carboxylic acids is 1. The quantitative estimate of drug-likeness (QED) is 0.683. The van der Waals surface area contributed by atoms with Gasteiger partial charge in [0.25, 0.3) is 0 Å². The zero-order chi connectivity index (χ0) is 11.4. The monoisotopic (exact) mass is 288 g/mol. The van der Waals surface area contributed by atoms with Crippen LogP contribution in [-0.4, -0.2) is 22.7 Å². The molecule has 0 aromatic heterocycles. The van der Waals surface area contributed by atoms with Crippen molar-refractivity contribution in [2.24, 2.45) is 0 Å². The maximum atomic E-state index is 10.8. The number of aliphatic hydroxyl groups is 1. The van der Waals surface area contributed by atoms with E-state index in [0.717, 1.165) is 15.7 Å². The van der Waals surface area contributed by atoms with Crippen LogP contribution >= 0.6 is 27.7 Å². The molecule has 1 aromatic rings. The third-order valence-electron chi connectivity index (χ3n) is 2.09. The number of rotatable bonds is 4. The Kier molecular flexibility index (Phi) is 4.83. The van der Waals surface area contributed by atoms with Crippen LogP contribution in [0.25, 0.3) is 0 Å². The van der Waals surface area contributed by atoms with Gasteiger partial charge in [0.15, 0.2) is 6.29 Å². The van der Waals surface area contributed by atoms with Gasteiger partial charge in [-0.3, -0.25) is 4.79 Å². The van der Waals surface area contributed by atoms with E-state index in [0.29, 0.717) is 5.56 Å². The van der Waals surface area contributed by atoms with Crippen LogP contribution in [0.4, 0.5) is 0 Å². The molecule has 0 bridgehead atoms. The molecule has 2 atom stereocenters. The number of carbonyl (C=O) groups is 1. The summed E-state index contributed by atoms with van der Waals surface area (Å²) in [6.07, 6.45) is 0.445. The van der Waals surface area contributed by atoms with E-state index in [-0.39, 0.29) is 5.25 Å². The Morgan fingerprint density at radius 2 is 2.13 bits per heavy atom. The largest absolute Gasteiger partial charge is 0.392 e. The molecule has 1 aromatic carbocycles. The Balaban J connectivity index is 2.89. The van der Waals surface area contributed by atoms with Crippen molar-refractivity contribution in [2.45, 2.75) is 30.1 Å². The average molecular weight is 289 g/mol. The second-order valence-corrected chi connectivity index (χ2v) is 5.70. The maximum Gasteiger partial charge on any atom is 0.151 e. The Labute approximate surface area is 102 Å². The average Bonchev–Trinajstić information content (AvgIpc) is 2.20. The van der Waals surface area contributed by atoms with E-state index in [4.69, 9.17) is 0 Å². The fraction of sp³-hybridized carbons (Fsp3) is 0.364. The minimum absolute atomic E-state index is 0.0740. The van der Waals surface area contributed by atoms with Crippen molar-refractivity contribution in [1.82, 2.24) is 0 Å². The summed E-state index contributed by atoms with van der Waals surface area (Å²) in [5.74, 6) is 0. The predicted octanol–water partition coefficient (Wildman–Crippen LogP) is 3.12. The second kappa shape index (κ2) is 5.68. The van der Waals surface area contributed by atoms with Crippen molar-refractivity contribution in [3.05, 3.63) is 28.2 Å². The zero-order valence-corrected chi connectivity index (χ0v) is 11.0. The first-order valence-corrected chi connectivity index (χ1v) is 6.31. The van der Waals surface area contributed by atoms with Crippen molar-refractivity contribution in [3.63, 3.8) is 0 Å². The third-order valence-corrected chi connectivity index (χ3v) is 3.98. The molecule has 1 rings (SSSR count). The van der Waals surface area contributed by atoms with Crippen LogP contribution in [0, 0.1) is 0 Å². The van der Waals surface area contributed by atoms with Crippen molar-refractivity contribution in [2.75, 3.05) is 0 Å². The zero-order valence-electron chi connectivity index (χ0n) is 8.61. The van der Waals surface area contributed by atoms with E-state index < -0.39 is 6.10 Å². The highest BCUT2D eigenvalue weighted by atomic mass is 79.9. The maximum absolute atomic E-state index is 10.8. The molecule has 0 saturated carbocycles. The Morgan fingerprint density at radius 3 is 2.67 bits per heavy atom. The van der Waals surface area contributed by atoms with Gasteiger partial charge in [0, 0.05) is 20.2 Å². The Hall–Kier alpha value is -0.320. The summed E-state index contributed by atoms with van der Waals surface area (Å²) in [4.78, 5) is 11.7. The first kappa shape index (κ1) is 12.7. The molecule has 0 heterocycles. The predicted molar refractivity (Wildman–Crippen MR) is 66.5 cm³/mol. The van der Waals surface area contributed by atoms with Crippen LogP contribution in [0.2, 0.25) is 0 Å². The molecule has 0 radical (unpaired) electrons. The van der Waals surface area contributed by atoms with Crippen LogP contribution in [0.5, 0.6) is 0 Å². The van der Waals surface area contributed by atoms with E-state index in [2.05, 4.69) is 15.9 Å². The van der Waals surface area contributed by atoms with E-state index in [1.54, 1.807) is 13.0 Å². The van der Waals surface area contributed by atoms with Gasteiger partial charge in [-0.15, -0.1) is 11.8 Å². The Bertz CT molecular complexity index is 352. The molecular weight excluding hydrogens is 276 g/mol. The first-order chi connectivity index (χ1) is 7.04. The number of halogens is 1. The van der Waals surface area contributed by atoms with Gasteiger partial charge in [0.05, 0.1) is 6.10 Å². The number of benzene rings is 1. The highest BCUT2D eigenvalue weighted by Gasteiger charge is 2.12. The molecule has 0 spiro atoms. The summed E-state index contributed by atoms with van der Waals surface area (Å²) in [6.45, 7) is 3.68. The lowest BCUT2D eigenvalue weighted by atomic mass is 10.2. The lowest BCUT2D eigenvalue weighted by Crippen LogP contribution is -2.15. The molecule has 1 N–H and O–H groups in total. The summed E-state index contributed by atoms with van der Waals surface area (Å²) in [5.41, 5.74) is 0.655. The minimum Gasteiger partial charge on any atom is -0.392 e. The van der Waals surface area contributed by atoms with E-state index in [1.807, 2.05) is 19.1 Å². The number of thioether (sulfide) groups is 1. The van der Waals surface area contributed by atoms with Crippen molar-refractivity contribution < 1.29 is 9.90 Å². The molecule has 0 amide bonds. The third kappa shape index (κ3) is 3.63. The summed E-state index contributed by atoms with van der Waals surface area (Å²) in [5, 5.41) is 9.46. The number of hydrogen-bond acceptors (Lipinski definition) is 3. The lowest BCUT2D eigenvalue weighted by molar-refractivity contribution is 0.112. The van der Waals surface area contributed by atoms with Crippen molar-refractivity contribution in [3.8, 4) is 0 Å². The van der Waals surface area contributed by atoms with Gasteiger partial charge in [0.2, 0.25) is 0 Å². The van der Waals surface area contributed by atoms with Gasteiger partial charge in [-0.05, 0) is 25.1 Å². The molecule has 0 aliphatic heterocycles. The van der Waals surface area contributed by atoms with Crippen LogP contribution < -0.4 is 0 Å². The van der Waals surface area contributed by atoms with Crippen molar-refractivity contribution >= 4 is 34.0 Å². The van der Waals surface area contributed by atoms with Gasteiger partial charge in [-0.25, -0.2) is 0 Å². The standard InChI is InChI=1S/C11H13BrO2S/c1-7(14)8(2)15-11-4-3-10(12)5-9(11)6-13/h3-8,14H,1-2H3. The summed E-state index contributed by atoms with van der Waals surface area (Å²) in [7, 11) is 0. The van der Waals surface area contributed by atoms with E-state index in [1.165, 1.54) is 11.8 Å². The molecule has 82 valence electrons. The number of aliphatic hydroxyl groups excluding tert-OH is 1. The topological polar surface area (TPSA) is 37.3 Å². The van der Waals surface area contributed by atoms with Crippen molar-refractivity contribution in [1.29, 1.82) is 0 Å². The number of hydrogen-bond donors (Lipinski definition) is 1. The number of aldehydes is 1. The molecule has 2 unspecified atom stereocenters. The summed E-state index contributed by atoms with van der Waals surface area (Å²) in [6, 6.07) is 5.56. The highest BCUT2D eigenvalue weighted by molar-refractivity contribution is 9.10. The van der Waals surface area contributed by atoms with Crippen LogP contribution in [0.1, 0.15) is 24.2 Å². The van der Waals surface area contributed by atoms with Gasteiger partial charge in [-0.1, -0.05) is 22.9 Å². The fourth-order valence-electron chi connectivity index (χ4n) is 1.02. The summed E-state index contributed by atoms with van der Waals surface area (Å²) >= 11 is 4.82. The molecule has 0 aliphatic rings. The molecule has 2 nitrogen and oxygen atoms in total. The minimum atomic E-state index is -0.391. The SMILES string of the molecule is CC(O)C(C)Sc1ccc(Br)cc1C=O. The van der Waals surface area contributed by atoms with Crippen LogP contribution in [-0.2, 0) is 0 Å². The highest BCUT2D eigenvalue weighted by Crippen LogP contribution is 2.29. The first-order valence-electron chi connectivity index (χ1n) is 4.64. The van der Waals surface area contributed by atoms with Gasteiger partial charge < -0.3 is 5.11 Å². The van der Waals surface area contributed by atoms with Gasteiger partial charge in [0.1, 0.15) is 0 Å². The Morgan fingerprint density at radius 1 is 1.47 bits per heavy atom. The fourth-order valence-corrected chi connectivity index (χ4v) is 2.38. The smallest absolute Gasteiger partial charge is 0.151 e. The molecule has 0 saturated heterocycles. The molecule has 0 aliphatic carbocycles. The second-order valence-electron chi connectivity index (χ2n) is 3.36. The molecule has 0 fully saturated rings. The molecular formula is C11H13BrO2S. The normalized spacial score (nSPS) is 14.7.